The van der Waals surface area contributed by atoms with Gasteiger partial charge in [-0.15, -0.1) is 0 Å². The smallest absolute Gasteiger partial charge is 0.341 e. The molecule has 1 heterocycles. The lowest BCUT2D eigenvalue weighted by Gasteiger charge is -2.19. The standard InChI is InChI=1S/C16H16F2N2O3/c1-8-12(16(19)2-3-16)11(18)6-9-13(8)20(5-4-17)7-10(14(9)21)15(22)23/h6-7H,2-5,19H2,1H3,(H,22,23). The highest BCUT2D eigenvalue weighted by molar-refractivity contribution is 5.94. The van der Waals surface area contributed by atoms with E-state index in [0.29, 0.717) is 29.5 Å². The fourth-order valence-electron chi connectivity index (χ4n) is 3.15. The average Bonchev–Trinajstić information content (AvgIpc) is 3.20. The molecule has 1 aliphatic carbocycles. The van der Waals surface area contributed by atoms with Crippen molar-refractivity contribution in [2.75, 3.05) is 6.67 Å². The van der Waals surface area contributed by atoms with E-state index >= 15 is 0 Å². The summed E-state index contributed by atoms with van der Waals surface area (Å²) in [6.07, 6.45) is 2.38. The summed E-state index contributed by atoms with van der Waals surface area (Å²) in [7, 11) is 0. The first-order valence-electron chi connectivity index (χ1n) is 7.25. The van der Waals surface area contributed by atoms with Gasteiger partial charge in [0.25, 0.3) is 0 Å². The van der Waals surface area contributed by atoms with Crippen molar-refractivity contribution in [1.82, 2.24) is 4.57 Å². The third kappa shape index (κ3) is 2.31. The van der Waals surface area contributed by atoms with E-state index in [0.717, 1.165) is 12.3 Å². The molecule has 0 unspecified atom stereocenters. The van der Waals surface area contributed by atoms with Gasteiger partial charge in [0.1, 0.15) is 18.1 Å². The Hall–Kier alpha value is -2.28. The predicted octanol–water partition coefficient (Wildman–Crippen LogP) is 2.06. The molecule has 0 bridgehead atoms. The molecule has 0 saturated heterocycles. The van der Waals surface area contributed by atoms with Crippen LogP contribution in [-0.4, -0.2) is 22.3 Å². The second-order valence-corrected chi connectivity index (χ2v) is 5.97. The maximum Gasteiger partial charge on any atom is 0.341 e. The largest absolute Gasteiger partial charge is 0.477 e. The molecule has 1 aromatic heterocycles. The topological polar surface area (TPSA) is 85.3 Å². The van der Waals surface area contributed by atoms with Crippen LogP contribution in [0.4, 0.5) is 8.78 Å². The van der Waals surface area contributed by atoms with Gasteiger partial charge in [-0.05, 0) is 31.4 Å². The third-order valence-corrected chi connectivity index (χ3v) is 4.40. The Kier molecular flexibility index (Phi) is 3.48. The maximum atomic E-state index is 14.5. The van der Waals surface area contributed by atoms with Crippen LogP contribution in [-0.2, 0) is 12.1 Å². The van der Waals surface area contributed by atoms with Crippen LogP contribution in [0.5, 0.6) is 0 Å². The van der Waals surface area contributed by atoms with Gasteiger partial charge >= 0.3 is 5.97 Å². The van der Waals surface area contributed by atoms with Gasteiger partial charge < -0.3 is 15.4 Å². The molecule has 23 heavy (non-hydrogen) atoms. The molecule has 0 amide bonds. The SMILES string of the molecule is Cc1c(C2(N)CC2)c(F)cc2c(=O)c(C(=O)O)cn(CCF)c12. The fraction of sp³-hybridized carbons (Fsp3) is 0.375. The molecule has 122 valence electrons. The zero-order valence-electron chi connectivity index (χ0n) is 12.5. The summed E-state index contributed by atoms with van der Waals surface area (Å²) in [5, 5.41) is 9.06. The first kappa shape index (κ1) is 15.6. The molecule has 0 radical (unpaired) electrons. The molecular weight excluding hydrogens is 306 g/mol. The number of aromatic carboxylic acids is 1. The number of carboxylic acids is 1. The minimum Gasteiger partial charge on any atom is -0.477 e. The number of aryl methyl sites for hydroxylation is 2. The van der Waals surface area contributed by atoms with Crippen LogP contribution in [0.25, 0.3) is 10.9 Å². The molecule has 5 nitrogen and oxygen atoms in total. The Bertz CT molecular complexity index is 885. The monoisotopic (exact) mass is 322 g/mol. The highest BCUT2D eigenvalue weighted by Gasteiger charge is 2.43. The minimum absolute atomic E-state index is 0.0682. The fourth-order valence-corrected chi connectivity index (χ4v) is 3.15. The van der Waals surface area contributed by atoms with Gasteiger partial charge in [-0.25, -0.2) is 13.6 Å². The van der Waals surface area contributed by atoms with E-state index < -0.39 is 35.0 Å². The Labute approximate surface area is 130 Å². The summed E-state index contributed by atoms with van der Waals surface area (Å²) in [6.45, 7) is 0.764. The van der Waals surface area contributed by atoms with Gasteiger partial charge in [0.2, 0.25) is 5.43 Å². The number of carbonyl (C=O) groups is 1. The molecular formula is C16H16F2N2O3. The van der Waals surface area contributed by atoms with Crippen molar-refractivity contribution in [3.8, 4) is 0 Å². The molecule has 1 aliphatic rings. The molecule has 1 saturated carbocycles. The zero-order valence-corrected chi connectivity index (χ0v) is 12.5. The van der Waals surface area contributed by atoms with Crippen molar-refractivity contribution in [3.63, 3.8) is 0 Å². The van der Waals surface area contributed by atoms with Crippen molar-refractivity contribution >= 4 is 16.9 Å². The number of pyridine rings is 1. The molecule has 3 N–H and O–H groups in total. The predicted molar refractivity (Wildman–Crippen MR) is 80.9 cm³/mol. The Morgan fingerprint density at radius 2 is 2.13 bits per heavy atom. The quantitative estimate of drug-likeness (QED) is 0.902. The van der Waals surface area contributed by atoms with E-state index in [2.05, 4.69) is 0 Å². The first-order chi connectivity index (χ1) is 10.8. The second-order valence-electron chi connectivity index (χ2n) is 5.97. The van der Waals surface area contributed by atoms with Crippen molar-refractivity contribution in [2.45, 2.75) is 31.8 Å². The van der Waals surface area contributed by atoms with E-state index in [1.165, 1.54) is 4.57 Å². The summed E-state index contributed by atoms with van der Waals surface area (Å²) in [6, 6.07) is 1.02. The van der Waals surface area contributed by atoms with Gasteiger partial charge in [-0.1, -0.05) is 0 Å². The van der Waals surface area contributed by atoms with Crippen LogP contribution < -0.4 is 11.2 Å². The van der Waals surface area contributed by atoms with Crippen molar-refractivity contribution < 1.29 is 18.7 Å². The number of hydrogen-bond donors (Lipinski definition) is 2. The summed E-state index contributed by atoms with van der Waals surface area (Å²) in [4.78, 5) is 23.5. The lowest BCUT2D eigenvalue weighted by molar-refractivity contribution is 0.0694. The van der Waals surface area contributed by atoms with Crippen LogP contribution in [0.3, 0.4) is 0 Å². The van der Waals surface area contributed by atoms with Crippen LogP contribution in [0.15, 0.2) is 17.1 Å². The van der Waals surface area contributed by atoms with Crippen LogP contribution in [0, 0.1) is 12.7 Å². The number of alkyl halides is 1. The molecule has 0 atom stereocenters. The van der Waals surface area contributed by atoms with Crippen molar-refractivity contribution in [3.05, 3.63) is 45.0 Å². The Morgan fingerprint density at radius 1 is 1.48 bits per heavy atom. The first-order valence-corrected chi connectivity index (χ1v) is 7.25. The number of hydrogen-bond acceptors (Lipinski definition) is 3. The molecule has 0 aliphatic heterocycles. The number of nitrogens with two attached hydrogens (primary N) is 1. The molecule has 7 heteroatoms. The molecule has 0 spiro atoms. The van der Waals surface area contributed by atoms with Gasteiger partial charge in [-0.3, -0.25) is 4.79 Å². The zero-order chi connectivity index (χ0) is 16.9. The molecule has 2 aromatic rings. The van der Waals surface area contributed by atoms with Crippen LogP contribution in [0.1, 0.15) is 34.3 Å². The van der Waals surface area contributed by atoms with Gasteiger partial charge in [0.05, 0.1) is 12.1 Å². The lowest BCUT2D eigenvalue weighted by atomic mass is 9.95. The normalized spacial score (nSPS) is 15.8. The second kappa shape index (κ2) is 5.13. The highest BCUT2D eigenvalue weighted by atomic mass is 19.1. The van der Waals surface area contributed by atoms with Crippen molar-refractivity contribution in [1.29, 1.82) is 0 Å². The summed E-state index contributed by atoms with van der Waals surface area (Å²) >= 11 is 0. The molecule has 1 aromatic carbocycles. The Morgan fingerprint density at radius 3 is 2.65 bits per heavy atom. The average molecular weight is 322 g/mol. The van der Waals surface area contributed by atoms with E-state index in [9.17, 15) is 18.4 Å². The number of halogens is 2. The van der Waals surface area contributed by atoms with Crippen LogP contribution in [0.2, 0.25) is 0 Å². The number of benzene rings is 1. The maximum absolute atomic E-state index is 14.5. The number of carboxylic acid groups (broad SMARTS) is 1. The van der Waals surface area contributed by atoms with Gasteiger partial charge in [0, 0.05) is 22.7 Å². The summed E-state index contributed by atoms with van der Waals surface area (Å²) in [5.41, 5.74) is 5.18. The van der Waals surface area contributed by atoms with E-state index in [1.54, 1.807) is 6.92 Å². The van der Waals surface area contributed by atoms with Gasteiger partial charge in [-0.2, -0.15) is 0 Å². The van der Waals surface area contributed by atoms with Crippen LogP contribution >= 0.6 is 0 Å². The van der Waals surface area contributed by atoms with E-state index in [-0.39, 0.29) is 11.9 Å². The summed E-state index contributed by atoms with van der Waals surface area (Å²) < 4.78 is 28.7. The number of fused-ring (bicyclic) bond motifs is 1. The van der Waals surface area contributed by atoms with Crippen molar-refractivity contribution in [2.24, 2.45) is 5.73 Å². The third-order valence-electron chi connectivity index (χ3n) is 4.40. The number of aromatic nitrogens is 1. The number of rotatable bonds is 4. The van der Waals surface area contributed by atoms with Gasteiger partial charge in [0.15, 0.2) is 0 Å². The number of nitrogens with zero attached hydrogens (tertiary/aromatic N) is 1. The summed E-state index contributed by atoms with van der Waals surface area (Å²) in [5.74, 6) is -2.05. The molecule has 3 rings (SSSR count). The molecule has 1 fully saturated rings. The Balaban J connectivity index is 2.45. The minimum atomic E-state index is -1.43. The van der Waals surface area contributed by atoms with E-state index in [1.807, 2.05) is 0 Å². The lowest BCUT2D eigenvalue weighted by Crippen LogP contribution is -2.25. The van der Waals surface area contributed by atoms with E-state index in [4.69, 9.17) is 10.8 Å². The highest BCUT2D eigenvalue weighted by Crippen LogP contribution is 2.46.